The van der Waals surface area contributed by atoms with Crippen LogP contribution in [0.5, 0.6) is 0 Å². The summed E-state index contributed by atoms with van der Waals surface area (Å²) in [6, 6.07) is 0.459. The number of rotatable bonds is 2. The van der Waals surface area contributed by atoms with Crippen LogP contribution in [0.1, 0.15) is 24.9 Å². The first kappa shape index (κ1) is 9.36. The van der Waals surface area contributed by atoms with E-state index in [-0.39, 0.29) is 0 Å². The van der Waals surface area contributed by atoms with Gasteiger partial charge in [-0.25, -0.2) is 0 Å². The first-order valence-corrected chi connectivity index (χ1v) is 5.67. The summed E-state index contributed by atoms with van der Waals surface area (Å²) in [5, 5.41) is 7.83. The number of aryl methyl sites for hydroxylation is 1. The van der Waals surface area contributed by atoms with Crippen LogP contribution >= 0.6 is 0 Å². The summed E-state index contributed by atoms with van der Waals surface area (Å²) in [6.07, 6.45) is 5.32. The van der Waals surface area contributed by atoms with Gasteiger partial charge in [0, 0.05) is 42.9 Å². The maximum atomic E-state index is 5.52. The zero-order chi connectivity index (χ0) is 10.3. The lowest BCUT2D eigenvalue weighted by atomic mass is 9.71. The molecule has 1 N–H and O–H groups in total. The van der Waals surface area contributed by atoms with Crippen LogP contribution in [0.2, 0.25) is 0 Å². The molecule has 2 saturated heterocycles. The maximum Gasteiger partial charge on any atom is 0.0553 e. The third-order valence-electron chi connectivity index (χ3n) is 3.71. The molecule has 0 aliphatic carbocycles. The van der Waals surface area contributed by atoms with Gasteiger partial charge in [0.1, 0.15) is 0 Å². The number of hydrogen-bond donors (Lipinski definition) is 1. The number of hydrogen-bond acceptors (Lipinski definition) is 3. The van der Waals surface area contributed by atoms with Gasteiger partial charge in [-0.2, -0.15) is 5.10 Å². The highest BCUT2D eigenvalue weighted by Gasteiger charge is 2.50. The third kappa shape index (κ3) is 1.32. The van der Waals surface area contributed by atoms with Crippen molar-refractivity contribution in [3.05, 3.63) is 18.0 Å². The fourth-order valence-electron chi connectivity index (χ4n) is 2.66. The van der Waals surface area contributed by atoms with Crippen LogP contribution in [-0.4, -0.2) is 29.5 Å². The smallest absolute Gasteiger partial charge is 0.0553 e. The van der Waals surface area contributed by atoms with Crippen molar-refractivity contribution in [2.24, 2.45) is 5.41 Å². The first-order chi connectivity index (χ1) is 7.34. The van der Waals surface area contributed by atoms with Crippen molar-refractivity contribution >= 4 is 0 Å². The molecule has 0 radical (unpaired) electrons. The lowest BCUT2D eigenvalue weighted by Crippen LogP contribution is -2.56. The van der Waals surface area contributed by atoms with Crippen molar-refractivity contribution in [1.29, 1.82) is 0 Å². The van der Waals surface area contributed by atoms with Crippen molar-refractivity contribution in [3.63, 3.8) is 0 Å². The predicted molar refractivity (Wildman–Crippen MR) is 56.5 cm³/mol. The minimum atomic E-state index is 0.363. The summed E-state index contributed by atoms with van der Waals surface area (Å²) < 4.78 is 7.50. The predicted octanol–water partition coefficient (Wildman–Crippen LogP) is 0.954. The number of nitrogens with zero attached hydrogens (tertiary/aromatic N) is 2. The van der Waals surface area contributed by atoms with Crippen LogP contribution in [-0.2, 0) is 11.3 Å². The van der Waals surface area contributed by atoms with Crippen LogP contribution in [0.15, 0.2) is 12.4 Å². The van der Waals surface area contributed by atoms with E-state index in [0.717, 1.165) is 26.3 Å². The van der Waals surface area contributed by atoms with Crippen molar-refractivity contribution in [2.45, 2.75) is 25.9 Å². The summed E-state index contributed by atoms with van der Waals surface area (Å²) in [7, 11) is 0. The topological polar surface area (TPSA) is 39.1 Å². The molecular weight excluding hydrogens is 190 g/mol. The molecule has 1 spiro atoms. The van der Waals surface area contributed by atoms with Gasteiger partial charge in [0.05, 0.1) is 12.8 Å². The number of aromatic nitrogens is 2. The molecule has 3 rings (SSSR count). The van der Waals surface area contributed by atoms with Gasteiger partial charge in [0.15, 0.2) is 0 Å². The fourth-order valence-corrected chi connectivity index (χ4v) is 2.66. The van der Waals surface area contributed by atoms with E-state index in [0.29, 0.717) is 11.5 Å². The second-order valence-corrected chi connectivity index (χ2v) is 4.61. The Kier molecular flexibility index (Phi) is 2.07. The molecule has 15 heavy (non-hydrogen) atoms. The lowest BCUT2D eigenvalue weighted by molar-refractivity contribution is 0.0577. The van der Waals surface area contributed by atoms with Gasteiger partial charge in [0.25, 0.3) is 0 Å². The minimum absolute atomic E-state index is 0.363. The van der Waals surface area contributed by atoms with Gasteiger partial charge >= 0.3 is 0 Å². The number of nitrogens with one attached hydrogen (secondary N) is 1. The number of ether oxygens (including phenoxy) is 1. The van der Waals surface area contributed by atoms with Gasteiger partial charge in [-0.05, 0) is 13.3 Å². The summed E-state index contributed by atoms with van der Waals surface area (Å²) in [5.41, 5.74) is 1.68. The molecule has 1 aromatic heterocycles. The Labute approximate surface area is 89.6 Å². The van der Waals surface area contributed by atoms with E-state index in [4.69, 9.17) is 4.74 Å². The highest BCUT2D eigenvalue weighted by Crippen LogP contribution is 2.46. The fraction of sp³-hybridized carbons (Fsp3) is 0.727. The molecule has 0 amide bonds. The molecule has 2 atom stereocenters. The molecule has 0 unspecified atom stereocenters. The molecule has 2 aliphatic rings. The normalized spacial score (nSPS) is 34.6. The summed E-state index contributed by atoms with van der Waals surface area (Å²) >= 11 is 0. The van der Waals surface area contributed by atoms with Crippen LogP contribution in [0, 0.1) is 5.41 Å². The highest BCUT2D eigenvalue weighted by atomic mass is 16.5. The SMILES string of the molecule is CCn1cc([C@@H]2NC[C@]23CCOC3)cn1. The molecular formula is C11H17N3O. The van der Waals surface area contributed by atoms with E-state index in [2.05, 4.69) is 23.5 Å². The summed E-state index contributed by atoms with van der Waals surface area (Å²) in [6.45, 7) is 5.96. The molecule has 4 heteroatoms. The monoisotopic (exact) mass is 207 g/mol. The van der Waals surface area contributed by atoms with Gasteiger partial charge in [-0.1, -0.05) is 0 Å². The standard InChI is InChI=1S/C11H17N3O/c1-2-14-6-9(5-13-14)10-11(7-12-10)3-4-15-8-11/h5-6,10,12H,2-4,7-8H2,1H3/t10-,11-/m0/s1. The summed E-state index contributed by atoms with van der Waals surface area (Å²) in [5.74, 6) is 0. The van der Waals surface area contributed by atoms with E-state index in [1.807, 2.05) is 10.9 Å². The van der Waals surface area contributed by atoms with E-state index in [1.165, 1.54) is 12.0 Å². The minimum Gasteiger partial charge on any atom is -0.381 e. The highest BCUT2D eigenvalue weighted by molar-refractivity contribution is 5.21. The van der Waals surface area contributed by atoms with Gasteiger partial charge in [-0.3, -0.25) is 4.68 Å². The molecule has 3 heterocycles. The lowest BCUT2D eigenvalue weighted by Gasteiger charge is -2.46. The molecule has 4 nitrogen and oxygen atoms in total. The Bertz CT molecular complexity index is 354. The Balaban J connectivity index is 1.82. The first-order valence-electron chi connectivity index (χ1n) is 5.67. The zero-order valence-corrected chi connectivity index (χ0v) is 9.07. The molecule has 2 aliphatic heterocycles. The Morgan fingerprint density at radius 1 is 1.73 bits per heavy atom. The molecule has 0 saturated carbocycles. The zero-order valence-electron chi connectivity index (χ0n) is 9.07. The van der Waals surface area contributed by atoms with Crippen LogP contribution in [0.4, 0.5) is 0 Å². The van der Waals surface area contributed by atoms with Crippen LogP contribution in [0.3, 0.4) is 0 Å². The Morgan fingerprint density at radius 3 is 3.20 bits per heavy atom. The molecule has 0 aromatic carbocycles. The summed E-state index contributed by atoms with van der Waals surface area (Å²) in [4.78, 5) is 0. The van der Waals surface area contributed by atoms with Crippen molar-refractivity contribution in [1.82, 2.24) is 15.1 Å². The van der Waals surface area contributed by atoms with Crippen molar-refractivity contribution in [3.8, 4) is 0 Å². The maximum absolute atomic E-state index is 5.52. The van der Waals surface area contributed by atoms with Gasteiger partial charge in [-0.15, -0.1) is 0 Å². The molecule has 2 fully saturated rings. The second kappa shape index (κ2) is 3.32. The van der Waals surface area contributed by atoms with E-state index in [9.17, 15) is 0 Å². The average Bonchev–Trinajstić information content (AvgIpc) is 2.85. The largest absolute Gasteiger partial charge is 0.381 e. The van der Waals surface area contributed by atoms with Crippen molar-refractivity contribution < 1.29 is 4.74 Å². The van der Waals surface area contributed by atoms with Gasteiger partial charge in [0.2, 0.25) is 0 Å². The molecule has 82 valence electrons. The van der Waals surface area contributed by atoms with Crippen LogP contribution < -0.4 is 5.32 Å². The van der Waals surface area contributed by atoms with E-state index >= 15 is 0 Å². The van der Waals surface area contributed by atoms with Gasteiger partial charge < -0.3 is 10.1 Å². The van der Waals surface area contributed by atoms with Crippen molar-refractivity contribution in [2.75, 3.05) is 19.8 Å². The second-order valence-electron chi connectivity index (χ2n) is 4.61. The average molecular weight is 207 g/mol. The quantitative estimate of drug-likeness (QED) is 0.785. The Morgan fingerprint density at radius 2 is 2.67 bits per heavy atom. The van der Waals surface area contributed by atoms with E-state index < -0.39 is 0 Å². The molecule has 0 bridgehead atoms. The van der Waals surface area contributed by atoms with E-state index in [1.54, 1.807) is 0 Å². The van der Waals surface area contributed by atoms with Crippen LogP contribution in [0.25, 0.3) is 0 Å². The Hall–Kier alpha value is -0.870. The third-order valence-corrected chi connectivity index (χ3v) is 3.71. The molecule has 1 aromatic rings.